The summed E-state index contributed by atoms with van der Waals surface area (Å²) in [6.07, 6.45) is 1.14. The van der Waals surface area contributed by atoms with E-state index in [0.717, 1.165) is 17.9 Å². The average Bonchev–Trinajstić information content (AvgIpc) is 2.90. The van der Waals surface area contributed by atoms with Crippen LogP contribution in [0.2, 0.25) is 0 Å². The van der Waals surface area contributed by atoms with Gasteiger partial charge in [0.2, 0.25) is 0 Å². The zero-order valence-corrected chi connectivity index (χ0v) is 10.1. The summed E-state index contributed by atoms with van der Waals surface area (Å²) in [6, 6.07) is 4.41. The molecule has 0 amide bonds. The van der Waals surface area contributed by atoms with Gasteiger partial charge in [0.15, 0.2) is 0 Å². The Morgan fingerprint density at radius 3 is 3.18 bits per heavy atom. The van der Waals surface area contributed by atoms with E-state index in [1.165, 1.54) is 12.1 Å². The van der Waals surface area contributed by atoms with Crippen LogP contribution in [0.25, 0.3) is 11.0 Å². The normalized spacial score (nSPS) is 20.2. The van der Waals surface area contributed by atoms with Crippen LogP contribution in [-0.4, -0.2) is 21.1 Å². The molecular formula is C12H13FN2OS. The second kappa shape index (κ2) is 4.22. The number of aromatic amines is 1. The van der Waals surface area contributed by atoms with Crippen LogP contribution in [0.3, 0.4) is 0 Å². The minimum Gasteiger partial charge on any atom is -0.306 e. The lowest BCUT2D eigenvalue weighted by molar-refractivity contribution is 0.492. The summed E-state index contributed by atoms with van der Waals surface area (Å²) in [5.41, 5.74) is 1.25. The number of halogens is 1. The number of thioether (sulfide) groups is 1. The maximum Gasteiger partial charge on any atom is 0.326 e. The lowest BCUT2D eigenvalue weighted by Crippen LogP contribution is -2.21. The second-order valence-corrected chi connectivity index (χ2v) is 5.58. The van der Waals surface area contributed by atoms with Gasteiger partial charge in [0.05, 0.1) is 11.0 Å². The number of fused-ring (bicyclic) bond motifs is 1. The summed E-state index contributed by atoms with van der Waals surface area (Å²) in [5.74, 6) is 2.48. The zero-order chi connectivity index (χ0) is 11.8. The van der Waals surface area contributed by atoms with Crippen molar-refractivity contribution in [2.45, 2.75) is 13.0 Å². The Bertz CT molecular complexity index is 598. The minimum atomic E-state index is -0.300. The van der Waals surface area contributed by atoms with Crippen LogP contribution < -0.4 is 5.69 Å². The van der Waals surface area contributed by atoms with Crippen LogP contribution in [0, 0.1) is 11.7 Å². The van der Waals surface area contributed by atoms with E-state index in [1.807, 2.05) is 11.8 Å². The monoisotopic (exact) mass is 252 g/mol. The Balaban J connectivity index is 2.04. The van der Waals surface area contributed by atoms with Gasteiger partial charge in [-0.25, -0.2) is 9.18 Å². The predicted octanol–water partition coefficient (Wildman–Crippen LogP) is 2.22. The van der Waals surface area contributed by atoms with Crippen molar-refractivity contribution < 1.29 is 4.39 Å². The van der Waals surface area contributed by atoms with E-state index in [1.54, 1.807) is 10.6 Å². The fraction of sp³-hybridized carbons (Fsp3) is 0.417. The van der Waals surface area contributed by atoms with E-state index >= 15 is 0 Å². The minimum absolute atomic E-state index is 0.137. The highest BCUT2D eigenvalue weighted by atomic mass is 32.2. The van der Waals surface area contributed by atoms with Crippen LogP contribution in [0.1, 0.15) is 6.42 Å². The van der Waals surface area contributed by atoms with Gasteiger partial charge in [-0.1, -0.05) is 0 Å². The summed E-state index contributed by atoms with van der Waals surface area (Å²) in [4.78, 5) is 14.6. The van der Waals surface area contributed by atoms with Gasteiger partial charge in [0.1, 0.15) is 5.82 Å². The first-order valence-corrected chi connectivity index (χ1v) is 6.85. The molecule has 1 aliphatic rings. The van der Waals surface area contributed by atoms with Crippen molar-refractivity contribution >= 4 is 22.8 Å². The summed E-state index contributed by atoms with van der Waals surface area (Å²) in [5, 5.41) is 0. The number of rotatable bonds is 2. The molecule has 0 radical (unpaired) electrons. The predicted molar refractivity (Wildman–Crippen MR) is 67.9 cm³/mol. The number of nitrogens with zero attached hydrogens (tertiary/aromatic N) is 1. The molecular weight excluding hydrogens is 239 g/mol. The van der Waals surface area contributed by atoms with Gasteiger partial charge >= 0.3 is 5.69 Å². The standard InChI is InChI=1S/C12H13FN2OS/c13-9-1-2-10-11(5-9)15(12(16)14-10)6-8-3-4-17-7-8/h1-2,5,8H,3-4,6-7H2,(H,14,16). The molecule has 1 aliphatic heterocycles. The van der Waals surface area contributed by atoms with Crippen LogP contribution >= 0.6 is 11.8 Å². The molecule has 0 bridgehead atoms. The molecule has 90 valence electrons. The number of nitrogens with one attached hydrogen (secondary N) is 1. The van der Waals surface area contributed by atoms with Crippen molar-refractivity contribution in [3.8, 4) is 0 Å². The third kappa shape index (κ3) is 1.99. The van der Waals surface area contributed by atoms with Gasteiger partial charge in [-0.05, 0) is 42.0 Å². The van der Waals surface area contributed by atoms with Crippen molar-refractivity contribution in [3.05, 3.63) is 34.5 Å². The largest absolute Gasteiger partial charge is 0.326 e. The van der Waals surface area contributed by atoms with Gasteiger partial charge in [-0.15, -0.1) is 0 Å². The number of H-pyrrole nitrogens is 1. The van der Waals surface area contributed by atoms with Crippen LogP contribution in [0.4, 0.5) is 4.39 Å². The molecule has 5 heteroatoms. The topological polar surface area (TPSA) is 37.8 Å². The molecule has 1 saturated heterocycles. The molecule has 1 aromatic carbocycles. The smallest absolute Gasteiger partial charge is 0.306 e. The van der Waals surface area contributed by atoms with Gasteiger partial charge in [0, 0.05) is 6.54 Å². The first-order valence-electron chi connectivity index (χ1n) is 5.70. The van der Waals surface area contributed by atoms with Gasteiger partial charge in [-0.2, -0.15) is 11.8 Å². The van der Waals surface area contributed by atoms with Crippen molar-refractivity contribution in [2.24, 2.45) is 5.92 Å². The highest BCUT2D eigenvalue weighted by molar-refractivity contribution is 7.99. The Morgan fingerprint density at radius 1 is 1.53 bits per heavy atom. The molecule has 1 N–H and O–H groups in total. The molecule has 3 rings (SSSR count). The molecule has 2 heterocycles. The van der Waals surface area contributed by atoms with Crippen molar-refractivity contribution in [1.82, 2.24) is 9.55 Å². The Labute approximate surface area is 102 Å². The lowest BCUT2D eigenvalue weighted by atomic mass is 10.1. The summed E-state index contributed by atoms with van der Waals surface area (Å²) < 4.78 is 14.9. The number of hydrogen-bond acceptors (Lipinski definition) is 2. The SMILES string of the molecule is O=c1[nH]c2ccc(F)cc2n1CC1CCSC1. The highest BCUT2D eigenvalue weighted by Gasteiger charge is 2.18. The molecule has 1 unspecified atom stereocenters. The molecule has 0 aliphatic carbocycles. The molecule has 2 aromatic rings. The second-order valence-electron chi connectivity index (χ2n) is 4.43. The van der Waals surface area contributed by atoms with Gasteiger partial charge < -0.3 is 4.98 Å². The molecule has 17 heavy (non-hydrogen) atoms. The molecule has 3 nitrogen and oxygen atoms in total. The average molecular weight is 252 g/mol. The van der Waals surface area contributed by atoms with E-state index in [2.05, 4.69) is 4.98 Å². The number of aromatic nitrogens is 2. The Morgan fingerprint density at radius 2 is 2.41 bits per heavy atom. The summed E-state index contributed by atoms with van der Waals surface area (Å²) >= 11 is 1.92. The van der Waals surface area contributed by atoms with Gasteiger partial charge in [-0.3, -0.25) is 4.57 Å². The fourth-order valence-electron chi connectivity index (χ4n) is 2.29. The van der Waals surface area contributed by atoms with Crippen molar-refractivity contribution in [2.75, 3.05) is 11.5 Å². The van der Waals surface area contributed by atoms with Gasteiger partial charge in [0.25, 0.3) is 0 Å². The van der Waals surface area contributed by atoms with Crippen LogP contribution in [0.15, 0.2) is 23.0 Å². The molecule has 1 atom stereocenters. The number of benzene rings is 1. The number of imidazole rings is 1. The van der Waals surface area contributed by atoms with E-state index in [4.69, 9.17) is 0 Å². The Kier molecular flexibility index (Phi) is 2.70. The van der Waals surface area contributed by atoms with E-state index in [9.17, 15) is 9.18 Å². The molecule has 0 saturated carbocycles. The maximum atomic E-state index is 13.2. The zero-order valence-electron chi connectivity index (χ0n) is 9.28. The maximum absolute atomic E-state index is 13.2. The quantitative estimate of drug-likeness (QED) is 0.890. The summed E-state index contributed by atoms with van der Waals surface area (Å²) in [6.45, 7) is 0.690. The highest BCUT2D eigenvalue weighted by Crippen LogP contribution is 2.25. The molecule has 0 spiro atoms. The van der Waals surface area contributed by atoms with E-state index < -0.39 is 0 Å². The summed E-state index contributed by atoms with van der Waals surface area (Å²) in [7, 11) is 0. The third-order valence-electron chi connectivity index (χ3n) is 3.20. The first-order chi connectivity index (χ1) is 8.24. The van der Waals surface area contributed by atoms with Crippen molar-refractivity contribution in [3.63, 3.8) is 0 Å². The van der Waals surface area contributed by atoms with E-state index in [-0.39, 0.29) is 11.5 Å². The third-order valence-corrected chi connectivity index (χ3v) is 4.43. The first kappa shape index (κ1) is 10.9. The van der Waals surface area contributed by atoms with Crippen LogP contribution in [0.5, 0.6) is 0 Å². The number of hydrogen-bond donors (Lipinski definition) is 1. The lowest BCUT2D eigenvalue weighted by Gasteiger charge is -2.09. The van der Waals surface area contributed by atoms with Crippen LogP contribution in [-0.2, 0) is 6.54 Å². The molecule has 1 aromatic heterocycles. The fourth-order valence-corrected chi connectivity index (χ4v) is 3.56. The Hall–Kier alpha value is -1.23. The van der Waals surface area contributed by atoms with E-state index in [0.29, 0.717) is 23.5 Å². The molecule has 1 fully saturated rings. The van der Waals surface area contributed by atoms with Crippen molar-refractivity contribution in [1.29, 1.82) is 0 Å².